The van der Waals surface area contributed by atoms with E-state index in [4.69, 9.17) is 15.7 Å². The van der Waals surface area contributed by atoms with E-state index >= 15 is 0 Å². The Kier molecular flexibility index (Phi) is 8.28. The van der Waals surface area contributed by atoms with Gasteiger partial charge in [-0.1, -0.05) is 24.3 Å². The third kappa shape index (κ3) is 6.34. The maximum Gasteiger partial charge on any atom is 0.267 e. The highest BCUT2D eigenvalue weighted by atomic mass is 16.5. The minimum atomic E-state index is -1.03. The molecule has 0 bridgehead atoms. The highest BCUT2D eigenvalue weighted by Crippen LogP contribution is 2.22. The zero-order valence-corrected chi connectivity index (χ0v) is 17.5. The molecular weight excluding hydrogens is 414 g/mol. The Labute approximate surface area is 185 Å². The summed E-state index contributed by atoms with van der Waals surface area (Å²) in [5.41, 5.74) is 9.78. The fourth-order valence-electron chi connectivity index (χ4n) is 3.27. The van der Waals surface area contributed by atoms with E-state index in [0.717, 1.165) is 24.2 Å². The predicted octanol–water partition coefficient (Wildman–Crippen LogP) is 0.187. The molecule has 1 heterocycles. The molecule has 0 aromatic heterocycles. The topological polar surface area (TPSA) is 146 Å². The molecule has 1 aliphatic heterocycles. The first-order valence-corrected chi connectivity index (χ1v) is 10.3. The van der Waals surface area contributed by atoms with E-state index in [0.29, 0.717) is 31.0 Å². The van der Waals surface area contributed by atoms with Crippen molar-refractivity contribution in [3.63, 3.8) is 0 Å². The maximum absolute atomic E-state index is 12.3. The third-order valence-electron chi connectivity index (χ3n) is 5.09. The number of nitrogens with zero attached hydrogens (tertiary/aromatic N) is 1. The number of nitrogens with two attached hydrogens (primary N) is 1. The summed E-state index contributed by atoms with van der Waals surface area (Å²) >= 11 is 0. The number of ether oxygens (including phenoxy) is 1. The number of carbonyl (C=O) groups excluding carboxylic acids is 3. The van der Waals surface area contributed by atoms with Gasteiger partial charge < -0.3 is 21.1 Å². The van der Waals surface area contributed by atoms with Crippen LogP contribution < -0.4 is 21.8 Å². The van der Waals surface area contributed by atoms with Gasteiger partial charge in [0, 0.05) is 30.9 Å². The van der Waals surface area contributed by atoms with E-state index in [9.17, 15) is 14.4 Å². The van der Waals surface area contributed by atoms with Crippen molar-refractivity contribution in [2.75, 3.05) is 44.7 Å². The first-order chi connectivity index (χ1) is 15.5. The quantitative estimate of drug-likeness (QED) is 0.290. The lowest BCUT2D eigenvalue weighted by Crippen LogP contribution is -2.50. The van der Waals surface area contributed by atoms with E-state index in [1.54, 1.807) is 24.3 Å². The van der Waals surface area contributed by atoms with Crippen molar-refractivity contribution in [3.05, 3.63) is 54.1 Å². The molecule has 1 saturated heterocycles. The summed E-state index contributed by atoms with van der Waals surface area (Å²) in [6.07, 6.45) is 0. The number of morpholine rings is 1. The number of hydroxylamine groups is 1. The van der Waals surface area contributed by atoms with Crippen LogP contribution in [0.4, 0.5) is 5.69 Å². The van der Waals surface area contributed by atoms with Crippen LogP contribution >= 0.6 is 0 Å². The lowest BCUT2D eigenvalue weighted by atomic mass is 10.0. The first-order valence-electron chi connectivity index (χ1n) is 10.3. The van der Waals surface area contributed by atoms with Crippen molar-refractivity contribution >= 4 is 23.4 Å². The summed E-state index contributed by atoms with van der Waals surface area (Å²) in [6.45, 7) is 2.98. The minimum absolute atomic E-state index is 0.0688. The van der Waals surface area contributed by atoms with Crippen molar-refractivity contribution in [2.45, 2.75) is 6.04 Å². The second-order valence-corrected chi connectivity index (χ2v) is 7.33. The van der Waals surface area contributed by atoms with Gasteiger partial charge in [0.05, 0.1) is 19.8 Å². The fraction of sp³-hybridized carbons (Fsp3) is 0.318. The van der Waals surface area contributed by atoms with E-state index in [2.05, 4.69) is 15.5 Å². The number of anilines is 1. The molecule has 6 N–H and O–H groups in total. The molecule has 32 heavy (non-hydrogen) atoms. The van der Waals surface area contributed by atoms with Crippen LogP contribution in [0.25, 0.3) is 11.1 Å². The van der Waals surface area contributed by atoms with Crippen LogP contribution in [0.15, 0.2) is 48.5 Å². The molecule has 1 aliphatic rings. The minimum Gasteiger partial charge on any atom is -0.379 e. The van der Waals surface area contributed by atoms with Gasteiger partial charge in [-0.3, -0.25) is 24.5 Å². The number of carbonyl (C=O) groups is 3. The van der Waals surface area contributed by atoms with Crippen LogP contribution in [0.5, 0.6) is 0 Å². The zero-order chi connectivity index (χ0) is 22.9. The molecule has 10 heteroatoms. The van der Waals surface area contributed by atoms with Gasteiger partial charge >= 0.3 is 0 Å². The number of hydrogen-bond donors (Lipinski definition) is 5. The normalized spacial score (nSPS) is 14.9. The van der Waals surface area contributed by atoms with Crippen LogP contribution in [-0.4, -0.2) is 73.3 Å². The predicted molar refractivity (Wildman–Crippen MR) is 118 cm³/mol. The van der Waals surface area contributed by atoms with Crippen molar-refractivity contribution in [1.82, 2.24) is 15.7 Å². The van der Waals surface area contributed by atoms with Crippen LogP contribution in [-0.2, 0) is 14.3 Å². The number of nitrogens with one attached hydrogen (secondary N) is 3. The van der Waals surface area contributed by atoms with Crippen LogP contribution in [0.2, 0.25) is 0 Å². The molecule has 2 aromatic carbocycles. The van der Waals surface area contributed by atoms with Gasteiger partial charge in [0.25, 0.3) is 11.8 Å². The van der Waals surface area contributed by atoms with Crippen LogP contribution in [0.3, 0.4) is 0 Å². The molecule has 0 unspecified atom stereocenters. The van der Waals surface area contributed by atoms with E-state index in [-0.39, 0.29) is 12.5 Å². The lowest BCUT2D eigenvalue weighted by Gasteiger charge is -2.25. The molecule has 3 amide bonds. The summed E-state index contributed by atoms with van der Waals surface area (Å²) in [4.78, 5) is 38.0. The van der Waals surface area contributed by atoms with Crippen LogP contribution in [0.1, 0.15) is 10.4 Å². The summed E-state index contributed by atoms with van der Waals surface area (Å²) in [5, 5.41) is 14.0. The van der Waals surface area contributed by atoms with Gasteiger partial charge in [0.15, 0.2) is 0 Å². The highest BCUT2D eigenvalue weighted by molar-refractivity contribution is 5.98. The SMILES string of the molecule is NC[C@H](NC(=O)c1ccc(-c2ccc(NC(=O)CN3CCOCC3)cc2)cc1)C(=O)NO. The fourth-order valence-corrected chi connectivity index (χ4v) is 3.27. The van der Waals surface area contributed by atoms with Crippen molar-refractivity contribution in [3.8, 4) is 11.1 Å². The largest absolute Gasteiger partial charge is 0.379 e. The molecule has 0 aliphatic carbocycles. The van der Waals surface area contributed by atoms with Gasteiger partial charge in [-0.15, -0.1) is 0 Å². The smallest absolute Gasteiger partial charge is 0.267 e. The Bertz CT molecular complexity index is 927. The highest BCUT2D eigenvalue weighted by Gasteiger charge is 2.19. The summed E-state index contributed by atoms with van der Waals surface area (Å²) in [7, 11) is 0. The average Bonchev–Trinajstić information content (AvgIpc) is 2.83. The van der Waals surface area contributed by atoms with Gasteiger partial charge in [0.2, 0.25) is 5.91 Å². The second kappa shape index (κ2) is 11.3. The molecule has 3 rings (SSSR count). The summed E-state index contributed by atoms with van der Waals surface area (Å²) < 4.78 is 5.29. The lowest BCUT2D eigenvalue weighted by molar-refractivity contribution is -0.130. The average molecular weight is 441 g/mol. The summed E-state index contributed by atoms with van der Waals surface area (Å²) in [5.74, 6) is -1.33. The number of benzene rings is 2. The Morgan fingerprint density at radius 2 is 1.59 bits per heavy atom. The first kappa shape index (κ1) is 23.4. The van der Waals surface area contributed by atoms with Gasteiger partial charge in [0.1, 0.15) is 6.04 Å². The summed E-state index contributed by atoms with van der Waals surface area (Å²) in [6, 6.07) is 13.2. The Balaban J connectivity index is 1.57. The molecule has 0 radical (unpaired) electrons. The van der Waals surface area contributed by atoms with Crippen molar-refractivity contribution in [2.24, 2.45) is 5.73 Å². The molecular formula is C22H27N5O5. The Morgan fingerprint density at radius 1 is 1.00 bits per heavy atom. The second-order valence-electron chi connectivity index (χ2n) is 7.33. The van der Waals surface area contributed by atoms with Gasteiger partial charge in [-0.25, -0.2) is 5.48 Å². The molecule has 0 spiro atoms. The third-order valence-corrected chi connectivity index (χ3v) is 5.09. The monoisotopic (exact) mass is 441 g/mol. The maximum atomic E-state index is 12.3. The molecule has 1 atom stereocenters. The van der Waals surface area contributed by atoms with Crippen molar-refractivity contribution < 1.29 is 24.3 Å². The molecule has 2 aromatic rings. The number of hydrogen-bond acceptors (Lipinski definition) is 7. The van der Waals surface area contributed by atoms with Crippen molar-refractivity contribution in [1.29, 1.82) is 0 Å². The Morgan fingerprint density at radius 3 is 2.16 bits per heavy atom. The molecule has 10 nitrogen and oxygen atoms in total. The van der Waals surface area contributed by atoms with Crippen LogP contribution in [0, 0.1) is 0 Å². The number of rotatable bonds is 8. The standard InChI is InChI=1S/C22H27N5O5/c23-13-19(22(30)26-31)25-21(29)17-3-1-15(2-4-17)16-5-7-18(8-6-16)24-20(28)14-27-9-11-32-12-10-27/h1-8,19,31H,9-14,23H2,(H,24,28)(H,25,29)(H,26,30)/t19-/m0/s1. The van der Waals surface area contributed by atoms with E-state index in [1.165, 1.54) is 5.48 Å². The molecule has 0 saturated carbocycles. The van der Waals surface area contributed by atoms with Gasteiger partial charge in [-0.05, 0) is 35.4 Å². The molecule has 170 valence electrons. The van der Waals surface area contributed by atoms with Gasteiger partial charge in [-0.2, -0.15) is 0 Å². The van der Waals surface area contributed by atoms with E-state index in [1.807, 2.05) is 24.3 Å². The zero-order valence-electron chi connectivity index (χ0n) is 17.5. The van der Waals surface area contributed by atoms with E-state index < -0.39 is 17.9 Å². The number of amides is 3. The Hall–Kier alpha value is -3.31. The molecule has 1 fully saturated rings.